The van der Waals surface area contributed by atoms with Crippen molar-refractivity contribution in [1.82, 2.24) is 10.3 Å². The Labute approximate surface area is 127 Å². The first kappa shape index (κ1) is 13.6. The number of thioether (sulfide) groups is 1. The Hall–Kier alpha value is -2.40. The number of amides is 1. The van der Waals surface area contributed by atoms with Gasteiger partial charge < -0.3 is 5.32 Å². The summed E-state index contributed by atoms with van der Waals surface area (Å²) < 4.78 is 0. The van der Waals surface area contributed by atoms with Crippen LogP contribution >= 0.6 is 11.8 Å². The Morgan fingerprint density at radius 3 is 2.71 bits per heavy atom. The van der Waals surface area contributed by atoms with Gasteiger partial charge in [-0.05, 0) is 49.0 Å². The predicted octanol–water partition coefficient (Wildman–Crippen LogP) is 3.28. The third-order valence-corrected chi connectivity index (χ3v) is 3.74. The van der Waals surface area contributed by atoms with Crippen LogP contribution in [0.1, 0.15) is 11.4 Å². The Morgan fingerprint density at radius 2 is 1.95 bits per heavy atom. The maximum atomic E-state index is 12.0. The number of benzene rings is 1. The van der Waals surface area contributed by atoms with E-state index in [0.29, 0.717) is 10.1 Å². The average molecular weight is 295 g/mol. The number of aryl methyl sites for hydroxylation is 1. The molecule has 0 unspecified atom stereocenters. The van der Waals surface area contributed by atoms with E-state index in [0.717, 1.165) is 17.1 Å². The number of carbonyl (C=O) groups excluding carboxylic acids is 1. The number of aliphatic imine (C=N–C) groups is 1. The summed E-state index contributed by atoms with van der Waals surface area (Å²) in [4.78, 5) is 21.3. The number of nitrogens with zero attached hydrogens (tertiary/aromatic N) is 2. The highest BCUT2D eigenvalue weighted by molar-refractivity contribution is 8.18. The molecular formula is C16H13N3OS. The van der Waals surface area contributed by atoms with Crippen LogP contribution in [-0.4, -0.2) is 16.1 Å². The maximum absolute atomic E-state index is 12.0. The number of para-hydroxylation sites is 1. The maximum Gasteiger partial charge on any atom is 0.264 e. The molecule has 1 aliphatic rings. The van der Waals surface area contributed by atoms with E-state index in [1.165, 1.54) is 11.8 Å². The fourth-order valence-electron chi connectivity index (χ4n) is 1.88. The fourth-order valence-corrected chi connectivity index (χ4v) is 2.71. The number of aromatic nitrogens is 1. The number of hydrogen-bond donors (Lipinski definition) is 1. The quantitative estimate of drug-likeness (QED) is 0.865. The lowest BCUT2D eigenvalue weighted by molar-refractivity contribution is -0.115. The summed E-state index contributed by atoms with van der Waals surface area (Å²) in [7, 11) is 0. The van der Waals surface area contributed by atoms with Gasteiger partial charge in [-0.15, -0.1) is 0 Å². The van der Waals surface area contributed by atoms with Crippen molar-refractivity contribution < 1.29 is 4.79 Å². The largest absolute Gasteiger partial charge is 0.300 e. The van der Waals surface area contributed by atoms with Gasteiger partial charge in [0.1, 0.15) is 0 Å². The highest BCUT2D eigenvalue weighted by Crippen LogP contribution is 2.27. The van der Waals surface area contributed by atoms with E-state index in [2.05, 4.69) is 15.3 Å². The van der Waals surface area contributed by atoms with E-state index in [9.17, 15) is 4.79 Å². The van der Waals surface area contributed by atoms with E-state index in [-0.39, 0.29) is 5.91 Å². The third-order valence-electron chi connectivity index (χ3n) is 2.83. The summed E-state index contributed by atoms with van der Waals surface area (Å²) in [5, 5.41) is 3.35. The summed E-state index contributed by atoms with van der Waals surface area (Å²) in [6.45, 7) is 1.92. The van der Waals surface area contributed by atoms with Crippen molar-refractivity contribution in [3.05, 3.63) is 64.8 Å². The molecule has 2 aromatic rings. The van der Waals surface area contributed by atoms with Crippen LogP contribution in [0.2, 0.25) is 0 Å². The molecule has 1 amide bonds. The Morgan fingerprint density at radius 1 is 1.14 bits per heavy atom. The van der Waals surface area contributed by atoms with Gasteiger partial charge in [0.25, 0.3) is 5.91 Å². The Balaban J connectivity index is 1.84. The monoisotopic (exact) mass is 295 g/mol. The highest BCUT2D eigenvalue weighted by atomic mass is 32.2. The molecule has 1 N–H and O–H groups in total. The lowest BCUT2D eigenvalue weighted by atomic mass is 10.3. The second-order valence-corrected chi connectivity index (χ2v) is 5.55. The zero-order chi connectivity index (χ0) is 14.7. The van der Waals surface area contributed by atoms with Gasteiger partial charge in [-0.3, -0.25) is 9.78 Å². The molecule has 4 nitrogen and oxygen atoms in total. The fraction of sp³-hybridized carbons (Fsp3) is 0.0625. The molecule has 0 atom stereocenters. The van der Waals surface area contributed by atoms with Crippen LogP contribution in [0, 0.1) is 6.92 Å². The Kier molecular flexibility index (Phi) is 3.83. The minimum atomic E-state index is -0.141. The Bertz CT molecular complexity index is 738. The number of carbonyl (C=O) groups is 1. The number of amidine groups is 1. The molecule has 1 fully saturated rings. The van der Waals surface area contributed by atoms with Crippen LogP contribution in [0.3, 0.4) is 0 Å². The first-order valence-electron chi connectivity index (χ1n) is 6.49. The number of pyridine rings is 1. The van der Waals surface area contributed by atoms with Crippen LogP contribution in [0.15, 0.2) is 58.4 Å². The molecule has 0 bridgehead atoms. The average Bonchev–Trinajstić information content (AvgIpc) is 2.80. The van der Waals surface area contributed by atoms with Gasteiger partial charge in [0.15, 0.2) is 5.17 Å². The first-order valence-corrected chi connectivity index (χ1v) is 7.31. The van der Waals surface area contributed by atoms with Crippen molar-refractivity contribution in [3.63, 3.8) is 0 Å². The second-order valence-electron chi connectivity index (χ2n) is 4.52. The van der Waals surface area contributed by atoms with E-state index in [1.807, 2.05) is 55.5 Å². The molecule has 5 heteroatoms. The van der Waals surface area contributed by atoms with Gasteiger partial charge in [-0.2, -0.15) is 0 Å². The lowest BCUT2D eigenvalue weighted by Crippen LogP contribution is -2.19. The SMILES string of the molecule is Cc1cccc(C=C2SC(=Nc3ccccc3)NC2=O)n1. The molecule has 0 saturated carbocycles. The molecular weight excluding hydrogens is 282 g/mol. The molecule has 1 aliphatic heterocycles. The van der Waals surface area contributed by atoms with E-state index in [1.54, 1.807) is 6.08 Å². The number of nitrogens with one attached hydrogen (secondary N) is 1. The highest BCUT2D eigenvalue weighted by Gasteiger charge is 2.23. The summed E-state index contributed by atoms with van der Waals surface area (Å²) in [5.41, 5.74) is 2.51. The van der Waals surface area contributed by atoms with E-state index in [4.69, 9.17) is 0 Å². The minimum Gasteiger partial charge on any atom is -0.300 e. The van der Waals surface area contributed by atoms with Gasteiger partial charge in [0, 0.05) is 5.69 Å². The molecule has 2 heterocycles. The molecule has 0 spiro atoms. The minimum absolute atomic E-state index is 0.141. The lowest BCUT2D eigenvalue weighted by Gasteiger charge is -1.96. The van der Waals surface area contributed by atoms with Crippen LogP contribution in [-0.2, 0) is 4.79 Å². The predicted molar refractivity (Wildman–Crippen MR) is 86.2 cm³/mol. The van der Waals surface area contributed by atoms with Crippen LogP contribution in [0.4, 0.5) is 5.69 Å². The van der Waals surface area contributed by atoms with Crippen molar-refractivity contribution in [1.29, 1.82) is 0 Å². The van der Waals surface area contributed by atoms with E-state index >= 15 is 0 Å². The van der Waals surface area contributed by atoms with Crippen molar-refractivity contribution in [3.8, 4) is 0 Å². The molecule has 104 valence electrons. The second kappa shape index (κ2) is 5.93. The van der Waals surface area contributed by atoms with Crippen molar-refractivity contribution >= 4 is 34.6 Å². The first-order chi connectivity index (χ1) is 10.2. The molecule has 1 saturated heterocycles. The normalized spacial score (nSPS) is 18.2. The molecule has 0 radical (unpaired) electrons. The molecule has 3 rings (SSSR count). The van der Waals surface area contributed by atoms with Crippen molar-refractivity contribution in [2.45, 2.75) is 6.92 Å². The van der Waals surface area contributed by atoms with Crippen molar-refractivity contribution in [2.24, 2.45) is 4.99 Å². The molecule has 1 aromatic heterocycles. The molecule has 0 aliphatic carbocycles. The summed E-state index contributed by atoms with van der Waals surface area (Å²) in [6, 6.07) is 15.3. The van der Waals surface area contributed by atoms with Crippen LogP contribution in [0.5, 0.6) is 0 Å². The van der Waals surface area contributed by atoms with Gasteiger partial charge in [-0.25, -0.2) is 4.99 Å². The number of hydrogen-bond acceptors (Lipinski definition) is 4. The van der Waals surface area contributed by atoms with E-state index < -0.39 is 0 Å². The van der Waals surface area contributed by atoms with Crippen molar-refractivity contribution in [2.75, 3.05) is 0 Å². The standard InChI is InChI=1S/C16H13N3OS/c1-11-6-5-9-13(17-11)10-14-15(20)19-16(21-14)18-12-7-3-2-4-8-12/h2-10H,1H3,(H,18,19,20). The zero-order valence-corrected chi connectivity index (χ0v) is 12.2. The zero-order valence-electron chi connectivity index (χ0n) is 11.4. The molecule has 21 heavy (non-hydrogen) atoms. The summed E-state index contributed by atoms with van der Waals surface area (Å²) in [5.74, 6) is -0.141. The third kappa shape index (κ3) is 3.38. The van der Waals surface area contributed by atoms with Gasteiger partial charge in [0.05, 0.1) is 16.3 Å². The van der Waals surface area contributed by atoms with Crippen LogP contribution < -0.4 is 5.32 Å². The molecule has 1 aromatic carbocycles. The van der Waals surface area contributed by atoms with Crippen LogP contribution in [0.25, 0.3) is 6.08 Å². The summed E-state index contributed by atoms with van der Waals surface area (Å²) >= 11 is 1.32. The summed E-state index contributed by atoms with van der Waals surface area (Å²) in [6.07, 6.45) is 1.78. The van der Waals surface area contributed by atoms with Gasteiger partial charge >= 0.3 is 0 Å². The number of rotatable bonds is 2. The van der Waals surface area contributed by atoms with Gasteiger partial charge in [-0.1, -0.05) is 24.3 Å². The smallest absolute Gasteiger partial charge is 0.264 e. The van der Waals surface area contributed by atoms with Gasteiger partial charge in [0.2, 0.25) is 0 Å². The topological polar surface area (TPSA) is 54.4 Å².